The van der Waals surface area contributed by atoms with Crippen molar-refractivity contribution in [2.75, 3.05) is 46.3 Å². The van der Waals surface area contributed by atoms with E-state index < -0.39 is 89.0 Å². The lowest BCUT2D eigenvalue weighted by molar-refractivity contribution is -0.297. The van der Waals surface area contributed by atoms with Gasteiger partial charge < -0.3 is 44.7 Å². The first kappa shape index (κ1) is 53.1. The highest BCUT2D eigenvalue weighted by Gasteiger charge is 2.61. The number of aromatic nitrogens is 3. The van der Waals surface area contributed by atoms with Crippen molar-refractivity contribution in [2.24, 2.45) is 5.92 Å². The highest BCUT2D eigenvalue weighted by atomic mass is 32.2. The van der Waals surface area contributed by atoms with E-state index in [1.54, 1.807) is 52.5 Å². The van der Waals surface area contributed by atoms with E-state index in [1.165, 1.54) is 32.1 Å². The highest BCUT2D eigenvalue weighted by molar-refractivity contribution is 7.93. The van der Waals surface area contributed by atoms with E-state index in [-0.39, 0.29) is 44.2 Å². The molecule has 0 bridgehead atoms. The van der Waals surface area contributed by atoms with Gasteiger partial charge in [0.25, 0.3) is 5.67 Å². The number of fused-ring (bicyclic) bond motifs is 1. The molecule has 0 aliphatic carbocycles. The van der Waals surface area contributed by atoms with Crippen molar-refractivity contribution in [2.45, 2.75) is 165 Å². The third-order valence-corrected chi connectivity index (χ3v) is 12.8. The number of nitrogens with zero attached hydrogens (tertiary/aromatic N) is 5. The molecular weight excluding hydrogens is 860 g/mol. The Labute approximate surface area is 380 Å². The molecule has 0 radical (unpaired) electrons. The summed E-state index contributed by atoms with van der Waals surface area (Å²) in [4.78, 5) is 45.4. The minimum Gasteiger partial charge on any atom is -0.455 e. The predicted octanol–water partition coefficient (Wildman–Crippen LogP) is 5.70. The number of methoxy groups -OCH3 is 1. The van der Waals surface area contributed by atoms with Gasteiger partial charge in [0.05, 0.1) is 30.0 Å². The summed E-state index contributed by atoms with van der Waals surface area (Å²) in [7, 11) is 4.94. The number of cyclic esters (lactones) is 1. The van der Waals surface area contributed by atoms with Gasteiger partial charge in [0.15, 0.2) is 17.7 Å². The van der Waals surface area contributed by atoms with Crippen molar-refractivity contribution in [3.63, 3.8) is 0 Å². The number of nitrogens with two attached hydrogens (primary N) is 1. The van der Waals surface area contributed by atoms with E-state index in [9.17, 15) is 23.4 Å². The average molecular weight is 930 g/mol. The van der Waals surface area contributed by atoms with Crippen molar-refractivity contribution < 1.29 is 55.8 Å². The number of ether oxygens (including phenoxy) is 5. The van der Waals surface area contributed by atoms with Gasteiger partial charge in [-0.15, -0.1) is 5.10 Å². The number of amides is 1. The van der Waals surface area contributed by atoms with Crippen molar-refractivity contribution in [3.8, 4) is 11.3 Å². The van der Waals surface area contributed by atoms with Crippen LogP contribution in [0.5, 0.6) is 0 Å². The summed E-state index contributed by atoms with van der Waals surface area (Å²) < 4.78 is 76.4. The van der Waals surface area contributed by atoms with Crippen LogP contribution in [0.15, 0.2) is 30.5 Å². The average Bonchev–Trinajstić information content (AvgIpc) is 3.81. The number of aliphatic hydroxyl groups excluding tert-OH is 1. The van der Waals surface area contributed by atoms with Crippen molar-refractivity contribution in [1.29, 1.82) is 0 Å². The Balaban J connectivity index is 0.00000291. The zero-order chi connectivity index (χ0) is 47.9. The molecule has 0 spiro atoms. The summed E-state index contributed by atoms with van der Waals surface area (Å²) in [6, 6.07) is 5.45. The Morgan fingerprint density at radius 3 is 2.36 bits per heavy atom. The van der Waals surface area contributed by atoms with Gasteiger partial charge in [-0.2, -0.15) is 3.89 Å². The molecule has 1 aromatic carbocycles. The number of hydrogen-bond donors (Lipinski definition) is 3. The Hall–Kier alpha value is -3.53. The van der Waals surface area contributed by atoms with Crippen LogP contribution < -0.4 is 11.1 Å². The monoisotopic (exact) mass is 929 g/mol. The Kier molecular flexibility index (Phi) is 18.1. The van der Waals surface area contributed by atoms with Crippen LogP contribution >= 0.6 is 12.1 Å². The molecular formula is C44H70F3N7O9S. The number of Topliss-reactive ketones (excluding diaryl/α,β-unsaturated/α-hetero) is 1. The largest absolute Gasteiger partial charge is 0.455 e. The number of likely N-dealkylation sites (N-methyl/N-ethyl adjacent to an activating group) is 1. The lowest BCUT2D eigenvalue weighted by Crippen LogP contribution is -2.62. The summed E-state index contributed by atoms with van der Waals surface area (Å²) in [6.07, 6.45) is -1.69. The number of nitrogens with one attached hydrogen (secondary N) is 1. The molecule has 4 unspecified atom stereocenters. The van der Waals surface area contributed by atoms with E-state index in [0.29, 0.717) is 37.2 Å². The number of rotatable bonds is 11. The van der Waals surface area contributed by atoms with Gasteiger partial charge in [-0.1, -0.05) is 31.2 Å². The zero-order valence-corrected chi connectivity index (χ0v) is 40.1. The number of hydrogen-bond acceptors (Lipinski definition) is 15. The molecule has 1 amide bonds. The number of aliphatic hydroxyl groups is 1. The molecule has 5 rings (SSSR count). The standard InChI is InChI=1S/C43H67F2N7O9.CH3FS/c1-12-32-43(8)34(52(39(56)61-43)19-14-13-18-51-22-30(48-49-51)28-16-15-17-29(46)21-28)27(4)47-24-40(5,44)23-41(6,57-11)36(26(3)35(54)42(7,45)38(55)59-32)60-37-33(53)31(50(9)10)20-25(2)58-37;1-3-2/h15-17,21-22,25-27,31-34,36-37,47,53H,12-14,18-20,23-24,46H2,1-11H3;1H3/t25-,26+,27-,31?,32-,33?,34-,36-,37+,40?,41-,42?,43-;/m1./s1. The second-order valence-corrected chi connectivity index (χ2v) is 18.7. The summed E-state index contributed by atoms with van der Waals surface area (Å²) in [5.74, 6) is -4.13. The molecule has 13 atom stereocenters. The Morgan fingerprint density at radius 1 is 1.09 bits per heavy atom. The first-order valence-corrected chi connectivity index (χ1v) is 23.0. The lowest BCUT2D eigenvalue weighted by Gasteiger charge is -2.47. The SMILES string of the molecule is CC[C@H]1OC(=O)C(C)(F)C(=O)[C@H](C)[C@@H](O[C@@H]2O[C@H](C)CC(N(C)C)C2O)[C@](C)(OC)CC(C)(F)CN[C@H](C)[C@H]2N(CCCCn3cc(-c4cccc(N)c4)nn3)C(=O)O[C@]12C.CSF. The smallest absolute Gasteiger partial charge is 0.410 e. The normalized spacial score (nSPS) is 36.6. The lowest BCUT2D eigenvalue weighted by atomic mass is 9.77. The number of ketones is 1. The first-order chi connectivity index (χ1) is 29.9. The molecule has 3 aliphatic heterocycles. The maximum absolute atomic E-state index is 17.1. The van der Waals surface area contributed by atoms with Gasteiger partial charge in [0, 0.05) is 80.8 Å². The topological polar surface area (TPSA) is 193 Å². The van der Waals surface area contributed by atoms with Crippen LogP contribution in [0.3, 0.4) is 0 Å². The number of nitrogen functional groups attached to an aromatic ring is 1. The minimum absolute atomic E-state index is 0.0878. The number of carbonyl (C=O) groups is 3. The van der Waals surface area contributed by atoms with E-state index in [4.69, 9.17) is 29.4 Å². The van der Waals surface area contributed by atoms with E-state index in [2.05, 4.69) is 15.6 Å². The fourth-order valence-electron chi connectivity index (χ4n) is 9.45. The molecule has 16 nitrogen and oxygen atoms in total. The second-order valence-electron chi connectivity index (χ2n) is 18.4. The van der Waals surface area contributed by atoms with E-state index in [1.807, 2.05) is 36.2 Å². The number of unbranched alkanes of at least 4 members (excludes halogenated alkanes) is 1. The molecule has 64 heavy (non-hydrogen) atoms. The number of carbonyl (C=O) groups excluding carboxylic acids is 3. The summed E-state index contributed by atoms with van der Waals surface area (Å²) in [6.45, 7) is 12.5. The van der Waals surface area contributed by atoms with Crippen LogP contribution in [-0.4, -0.2) is 160 Å². The third-order valence-electron chi connectivity index (χ3n) is 12.8. The number of aryl methyl sites for hydroxylation is 1. The molecule has 0 saturated carbocycles. The van der Waals surface area contributed by atoms with Gasteiger partial charge in [0.2, 0.25) is 0 Å². The minimum atomic E-state index is -3.24. The van der Waals surface area contributed by atoms with Crippen LogP contribution in [0.4, 0.5) is 23.1 Å². The molecule has 362 valence electrons. The van der Waals surface area contributed by atoms with Crippen LogP contribution in [-0.2, 0) is 39.8 Å². The van der Waals surface area contributed by atoms with Crippen LogP contribution in [0.1, 0.15) is 87.5 Å². The number of halogens is 3. The number of esters is 1. The van der Waals surface area contributed by atoms with Gasteiger partial charge >= 0.3 is 12.1 Å². The molecule has 4 heterocycles. The van der Waals surface area contributed by atoms with E-state index in [0.717, 1.165) is 12.5 Å². The molecule has 3 fully saturated rings. The predicted molar refractivity (Wildman–Crippen MR) is 237 cm³/mol. The van der Waals surface area contributed by atoms with Gasteiger partial charge in [0.1, 0.15) is 23.6 Å². The fourth-order valence-corrected chi connectivity index (χ4v) is 9.45. The van der Waals surface area contributed by atoms with Crippen LogP contribution in [0.25, 0.3) is 11.3 Å². The second kappa shape index (κ2) is 21.8. The van der Waals surface area contributed by atoms with Crippen LogP contribution in [0, 0.1) is 5.92 Å². The van der Waals surface area contributed by atoms with Crippen molar-refractivity contribution in [1.82, 2.24) is 30.1 Å². The Morgan fingerprint density at radius 2 is 1.75 bits per heavy atom. The van der Waals surface area contributed by atoms with Crippen LogP contribution in [0.2, 0.25) is 0 Å². The molecule has 3 aliphatic rings. The van der Waals surface area contributed by atoms with Gasteiger partial charge in [-0.3, -0.25) is 14.4 Å². The van der Waals surface area contributed by atoms with Crippen molar-refractivity contribution in [3.05, 3.63) is 30.5 Å². The maximum Gasteiger partial charge on any atom is 0.410 e. The molecule has 2 aromatic rings. The highest BCUT2D eigenvalue weighted by Crippen LogP contribution is 2.42. The first-order valence-electron chi connectivity index (χ1n) is 21.9. The quantitative estimate of drug-likeness (QED) is 0.108. The number of alkyl halides is 2. The summed E-state index contributed by atoms with van der Waals surface area (Å²) in [5.41, 5.74) is -0.436. The Bertz CT molecular complexity index is 1880. The fraction of sp³-hybridized carbons (Fsp3) is 0.750. The number of anilines is 1. The van der Waals surface area contributed by atoms with Gasteiger partial charge in [-0.05, 0) is 93.5 Å². The molecule has 1 aromatic heterocycles. The molecule has 20 heteroatoms. The zero-order valence-electron chi connectivity index (χ0n) is 39.3. The molecule has 4 N–H and O–H groups in total. The maximum atomic E-state index is 17.1. The molecule has 3 saturated heterocycles. The van der Waals surface area contributed by atoms with E-state index >= 15 is 8.78 Å². The third kappa shape index (κ3) is 12.1. The summed E-state index contributed by atoms with van der Waals surface area (Å²) in [5, 5.41) is 23.2. The van der Waals surface area contributed by atoms with Crippen molar-refractivity contribution >= 4 is 35.7 Å². The summed E-state index contributed by atoms with van der Waals surface area (Å²) >= 11 is 0.250. The van der Waals surface area contributed by atoms with Gasteiger partial charge in [-0.25, -0.2) is 18.4 Å². The number of benzene rings is 1.